The highest BCUT2D eigenvalue weighted by atomic mass is 32.2. The van der Waals surface area contributed by atoms with E-state index in [0.717, 1.165) is 59.9 Å². The number of azo groups is 1. The number of sulfone groups is 1. The average Bonchev–Trinajstić information content (AvgIpc) is 3.10. The SMILES string of the molecule is CCN(C(=O)c1cc(N=Nc2ccc([N+](=O)[O-])cc2S(C)(=O)=O)c2c(NS(=O)(=O)c3cccc(NS(C)(=O)=O)c3)cccc2c1O)c1ccc(S(=O)(=O)O)cc1. The van der Waals surface area contributed by atoms with Gasteiger partial charge in [-0.3, -0.25) is 28.9 Å². The minimum absolute atomic E-state index is 0.0357. The number of non-ortho nitro benzene ring substituents is 1. The zero-order chi connectivity index (χ0) is 41.4. The number of benzene rings is 5. The molecule has 0 saturated carbocycles. The standard InChI is InChI=1S/C33H30N6O13S4/c1-4-38(21-11-14-23(15-12-21)56(50,51)52)33(41)26-19-29(35-34-27-16-13-22(39(42)43)18-30(27)53(2,44)45)31-25(32(26)40)9-6-10-28(31)37-55(48,49)24-8-5-7-20(17-24)36-54(3,46)47/h5-19,36-37,40H,4H2,1-3H3,(H,50,51,52). The van der Waals surface area contributed by atoms with E-state index in [2.05, 4.69) is 19.7 Å². The molecule has 5 rings (SSSR count). The summed E-state index contributed by atoms with van der Waals surface area (Å²) in [7, 11) is -17.0. The maximum absolute atomic E-state index is 14.1. The van der Waals surface area contributed by atoms with Crippen LogP contribution in [0.15, 0.2) is 116 Å². The summed E-state index contributed by atoms with van der Waals surface area (Å²) in [6.45, 7) is 1.54. The van der Waals surface area contributed by atoms with Crippen LogP contribution < -0.4 is 14.3 Å². The number of carbonyl (C=O) groups is 1. The van der Waals surface area contributed by atoms with Gasteiger partial charge >= 0.3 is 0 Å². The van der Waals surface area contributed by atoms with Crippen LogP contribution >= 0.6 is 0 Å². The molecular weight excluding hydrogens is 817 g/mol. The van der Waals surface area contributed by atoms with E-state index < -0.39 is 77.6 Å². The largest absolute Gasteiger partial charge is 0.506 e. The zero-order valence-electron chi connectivity index (χ0n) is 29.2. The lowest BCUT2D eigenvalue weighted by molar-refractivity contribution is -0.385. The summed E-state index contributed by atoms with van der Waals surface area (Å²) in [5, 5.41) is 30.8. The Balaban J connectivity index is 1.72. The second-order valence-corrected chi connectivity index (χ2v) is 18.8. The normalized spacial score (nSPS) is 12.4. The first kappa shape index (κ1) is 41.2. The van der Waals surface area contributed by atoms with E-state index in [9.17, 15) is 58.2 Å². The second-order valence-electron chi connectivity index (χ2n) is 11.9. The van der Waals surface area contributed by atoms with Gasteiger partial charge in [-0.05, 0) is 67.6 Å². The van der Waals surface area contributed by atoms with E-state index in [1.807, 2.05) is 0 Å². The second kappa shape index (κ2) is 15.3. The van der Waals surface area contributed by atoms with E-state index in [-0.39, 0.29) is 50.6 Å². The molecule has 0 unspecified atom stereocenters. The van der Waals surface area contributed by atoms with Crippen molar-refractivity contribution in [3.63, 3.8) is 0 Å². The Morgan fingerprint density at radius 2 is 1.45 bits per heavy atom. The molecule has 0 bridgehead atoms. The number of sulfonamides is 2. The van der Waals surface area contributed by atoms with Gasteiger partial charge in [0.1, 0.15) is 16.3 Å². The third-order valence-corrected chi connectivity index (χ3v) is 11.8. The minimum Gasteiger partial charge on any atom is -0.506 e. The van der Waals surface area contributed by atoms with Crippen LogP contribution in [0.25, 0.3) is 10.8 Å². The number of aromatic hydroxyl groups is 1. The number of carbonyl (C=O) groups excluding carboxylic acids is 1. The number of rotatable bonds is 13. The van der Waals surface area contributed by atoms with Gasteiger partial charge in [-0.25, -0.2) is 25.3 Å². The highest BCUT2D eigenvalue weighted by molar-refractivity contribution is 7.93. The third kappa shape index (κ3) is 9.09. The third-order valence-electron chi connectivity index (χ3n) is 7.86. The van der Waals surface area contributed by atoms with Crippen molar-refractivity contribution in [3.8, 4) is 5.75 Å². The Morgan fingerprint density at radius 3 is 2.04 bits per heavy atom. The first-order valence-electron chi connectivity index (χ1n) is 15.7. The van der Waals surface area contributed by atoms with E-state index in [1.54, 1.807) is 6.92 Å². The number of anilines is 3. The molecule has 0 aliphatic carbocycles. The van der Waals surface area contributed by atoms with Gasteiger partial charge in [-0.2, -0.15) is 8.42 Å². The molecule has 4 N–H and O–H groups in total. The predicted octanol–water partition coefficient (Wildman–Crippen LogP) is 5.36. The molecule has 0 radical (unpaired) electrons. The summed E-state index contributed by atoms with van der Waals surface area (Å²) in [4.78, 5) is 24.4. The zero-order valence-corrected chi connectivity index (χ0v) is 32.4. The van der Waals surface area contributed by atoms with Crippen molar-refractivity contribution >= 4 is 90.8 Å². The summed E-state index contributed by atoms with van der Waals surface area (Å²) < 4.78 is 113. The number of phenols is 1. The lowest BCUT2D eigenvalue weighted by Gasteiger charge is -2.23. The van der Waals surface area contributed by atoms with Gasteiger partial charge in [-0.1, -0.05) is 18.2 Å². The van der Waals surface area contributed by atoms with Crippen molar-refractivity contribution < 1.29 is 53.0 Å². The number of nitrogens with zero attached hydrogens (tertiary/aromatic N) is 4. The molecule has 0 aliphatic heterocycles. The van der Waals surface area contributed by atoms with Gasteiger partial charge < -0.3 is 10.0 Å². The molecule has 56 heavy (non-hydrogen) atoms. The molecule has 19 nitrogen and oxygen atoms in total. The number of nitro groups is 1. The molecule has 23 heteroatoms. The summed E-state index contributed by atoms with van der Waals surface area (Å²) in [5.74, 6) is -1.53. The molecule has 5 aromatic rings. The first-order valence-corrected chi connectivity index (χ1v) is 22.4. The maximum Gasteiger partial charge on any atom is 0.294 e. The van der Waals surface area contributed by atoms with Crippen molar-refractivity contribution in [1.29, 1.82) is 0 Å². The molecule has 0 atom stereocenters. The number of fused-ring (bicyclic) bond motifs is 1. The fourth-order valence-corrected chi connectivity index (χ4v) is 8.39. The van der Waals surface area contributed by atoms with Crippen molar-refractivity contribution in [3.05, 3.63) is 107 Å². The Morgan fingerprint density at radius 1 is 0.804 bits per heavy atom. The van der Waals surface area contributed by atoms with Crippen molar-refractivity contribution in [2.24, 2.45) is 10.2 Å². The monoisotopic (exact) mass is 846 g/mol. The van der Waals surface area contributed by atoms with Crippen LogP contribution in [0.2, 0.25) is 0 Å². The molecule has 0 aliphatic rings. The Bertz CT molecular complexity index is 2900. The number of hydrogen-bond donors (Lipinski definition) is 4. The number of nitrogens with one attached hydrogen (secondary N) is 2. The van der Waals surface area contributed by atoms with E-state index in [4.69, 9.17) is 0 Å². The van der Waals surface area contributed by atoms with Crippen LogP contribution in [0.4, 0.5) is 34.1 Å². The van der Waals surface area contributed by atoms with Gasteiger partial charge in [0.05, 0.1) is 37.9 Å². The van der Waals surface area contributed by atoms with E-state index >= 15 is 0 Å². The van der Waals surface area contributed by atoms with Crippen LogP contribution in [-0.4, -0.2) is 73.2 Å². The van der Waals surface area contributed by atoms with Crippen LogP contribution in [0.1, 0.15) is 17.3 Å². The van der Waals surface area contributed by atoms with Gasteiger partial charge in [0.25, 0.3) is 31.7 Å². The fourth-order valence-electron chi connectivity index (χ4n) is 5.41. The van der Waals surface area contributed by atoms with Crippen molar-refractivity contribution in [2.75, 3.05) is 33.4 Å². The number of phenolic OH excluding ortho intramolecular Hbond substituents is 1. The number of nitro benzene ring substituents is 1. The number of hydrogen-bond acceptors (Lipinski definition) is 14. The first-order chi connectivity index (χ1) is 26.0. The van der Waals surface area contributed by atoms with Crippen molar-refractivity contribution in [1.82, 2.24) is 0 Å². The average molecular weight is 847 g/mol. The van der Waals surface area contributed by atoms with E-state index in [0.29, 0.717) is 0 Å². The molecule has 0 heterocycles. The van der Waals surface area contributed by atoms with Gasteiger partial charge in [0.15, 0.2) is 9.84 Å². The summed E-state index contributed by atoms with van der Waals surface area (Å²) in [5.41, 5.74) is -1.81. The molecule has 0 saturated heterocycles. The predicted molar refractivity (Wildman–Crippen MR) is 205 cm³/mol. The summed E-state index contributed by atoms with van der Waals surface area (Å²) >= 11 is 0. The Kier molecular flexibility index (Phi) is 11.2. The Labute approximate surface area is 320 Å². The summed E-state index contributed by atoms with van der Waals surface area (Å²) in [6.07, 6.45) is 1.66. The molecule has 294 valence electrons. The van der Waals surface area contributed by atoms with Gasteiger partial charge in [0.2, 0.25) is 10.0 Å². The Hall–Kier alpha value is -6.01. The van der Waals surface area contributed by atoms with Crippen LogP contribution in [0.5, 0.6) is 5.75 Å². The van der Waals surface area contributed by atoms with Crippen LogP contribution in [-0.2, 0) is 40.0 Å². The van der Waals surface area contributed by atoms with E-state index in [1.165, 1.54) is 48.5 Å². The smallest absolute Gasteiger partial charge is 0.294 e. The summed E-state index contributed by atoms with van der Waals surface area (Å²) in [6, 6.07) is 17.1. The lowest BCUT2D eigenvalue weighted by atomic mass is 10.0. The number of amides is 1. The molecule has 0 aromatic heterocycles. The van der Waals surface area contributed by atoms with Crippen LogP contribution in [0.3, 0.4) is 0 Å². The van der Waals surface area contributed by atoms with Gasteiger partial charge in [-0.15, -0.1) is 10.2 Å². The highest BCUT2D eigenvalue weighted by Gasteiger charge is 2.26. The maximum atomic E-state index is 14.1. The lowest BCUT2D eigenvalue weighted by Crippen LogP contribution is -2.30. The topological polar surface area (TPSA) is 289 Å². The molecule has 0 spiro atoms. The van der Waals surface area contributed by atoms with Crippen LogP contribution in [0, 0.1) is 10.1 Å². The van der Waals surface area contributed by atoms with Crippen molar-refractivity contribution in [2.45, 2.75) is 21.6 Å². The molecule has 0 fully saturated rings. The quantitative estimate of drug-likeness (QED) is 0.0503. The fraction of sp³-hybridized carbons (Fsp3) is 0.121. The highest BCUT2D eigenvalue weighted by Crippen LogP contribution is 2.43. The minimum atomic E-state index is -4.57. The van der Waals surface area contributed by atoms with Gasteiger partial charge in [0, 0.05) is 47.1 Å². The molecule has 1 amide bonds. The molecular formula is C33H30N6O13S4. The molecule has 5 aromatic carbocycles.